The molecule has 0 aliphatic rings. The lowest BCUT2D eigenvalue weighted by molar-refractivity contribution is 0.112. The van der Waals surface area contributed by atoms with E-state index in [9.17, 15) is 0 Å². The minimum Gasteiger partial charge on any atom is -0.422 e. The topological polar surface area (TPSA) is 18.5 Å². The largest absolute Gasteiger partial charge is 0.422 e. The molecule has 0 aromatic heterocycles. The predicted molar refractivity (Wildman–Crippen MR) is 50.7 cm³/mol. The second-order valence-corrected chi connectivity index (χ2v) is 4.04. The van der Waals surface area contributed by atoms with Crippen molar-refractivity contribution < 1.29 is 9.16 Å². The molecule has 0 spiro atoms. The van der Waals surface area contributed by atoms with E-state index >= 15 is 0 Å². The van der Waals surface area contributed by atoms with Gasteiger partial charge in [0.25, 0.3) is 0 Å². The van der Waals surface area contributed by atoms with Crippen LogP contribution in [0.2, 0.25) is 6.04 Å². The summed E-state index contributed by atoms with van der Waals surface area (Å²) in [6.45, 7) is 6.61. The fourth-order valence-electron chi connectivity index (χ4n) is 0.818. The predicted octanol–water partition coefficient (Wildman–Crippen LogP) is 1.34. The first-order chi connectivity index (χ1) is 5.41. The molecule has 3 heteroatoms. The van der Waals surface area contributed by atoms with Gasteiger partial charge in [-0.1, -0.05) is 19.8 Å². The van der Waals surface area contributed by atoms with Gasteiger partial charge in [-0.05, 0) is 13.0 Å². The maximum Gasteiger partial charge on any atom is 0.161 e. The van der Waals surface area contributed by atoms with Crippen LogP contribution in [-0.4, -0.2) is 29.6 Å². The Morgan fingerprint density at radius 1 is 1.18 bits per heavy atom. The third-order valence-corrected chi connectivity index (χ3v) is 2.83. The van der Waals surface area contributed by atoms with E-state index in [0.29, 0.717) is 0 Å². The number of hydrogen-bond donors (Lipinski definition) is 0. The highest BCUT2D eigenvalue weighted by Gasteiger charge is 1.88. The lowest BCUT2D eigenvalue weighted by atomic mass is 10.4. The van der Waals surface area contributed by atoms with E-state index in [1.807, 2.05) is 6.92 Å². The minimum absolute atomic E-state index is 0.208. The molecule has 11 heavy (non-hydrogen) atoms. The highest BCUT2D eigenvalue weighted by atomic mass is 28.2. The van der Waals surface area contributed by atoms with Gasteiger partial charge >= 0.3 is 0 Å². The summed E-state index contributed by atoms with van der Waals surface area (Å²) in [5.74, 6) is 0. The summed E-state index contributed by atoms with van der Waals surface area (Å²) in [7, 11) is -0.208. The van der Waals surface area contributed by atoms with Gasteiger partial charge in [-0.2, -0.15) is 0 Å². The Morgan fingerprint density at radius 3 is 2.64 bits per heavy atom. The Labute approximate surface area is 72.2 Å². The average Bonchev–Trinajstić information content (AvgIpc) is 2.03. The summed E-state index contributed by atoms with van der Waals surface area (Å²) in [6, 6.07) is 1.32. The zero-order chi connectivity index (χ0) is 8.36. The molecule has 0 bridgehead atoms. The highest BCUT2D eigenvalue weighted by Crippen LogP contribution is 1.93. The molecular weight excluding hydrogens is 156 g/mol. The molecule has 0 amide bonds. The van der Waals surface area contributed by atoms with Gasteiger partial charge < -0.3 is 9.16 Å². The monoisotopic (exact) mass is 176 g/mol. The van der Waals surface area contributed by atoms with E-state index < -0.39 is 0 Å². The summed E-state index contributed by atoms with van der Waals surface area (Å²) < 4.78 is 10.6. The molecule has 0 fully saturated rings. The van der Waals surface area contributed by atoms with E-state index in [0.717, 1.165) is 19.8 Å². The van der Waals surface area contributed by atoms with Crippen LogP contribution in [-0.2, 0) is 9.16 Å². The van der Waals surface area contributed by atoms with Crippen molar-refractivity contribution in [3.05, 3.63) is 0 Å². The van der Waals surface area contributed by atoms with E-state index in [4.69, 9.17) is 9.16 Å². The second kappa shape index (κ2) is 10.1. The zero-order valence-electron chi connectivity index (χ0n) is 7.77. The van der Waals surface area contributed by atoms with Crippen LogP contribution in [0.4, 0.5) is 0 Å². The number of unbranched alkanes of at least 4 members (excludes halogenated alkanes) is 1. The van der Waals surface area contributed by atoms with Gasteiger partial charge in [0.15, 0.2) is 9.76 Å². The quantitative estimate of drug-likeness (QED) is 0.410. The molecule has 0 aromatic rings. The standard InChI is InChI=1S/C8H20O2Si/c1-3-5-8-11-10-7-6-9-4-2/h3-8,11H2,1-2H3. The normalized spacial score (nSPS) is 11.5. The van der Waals surface area contributed by atoms with Crippen molar-refractivity contribution in [2.75, 3.05) is 19.8 Å². The Bertz CT molecular complexity index is 61.1. The minimum atomic E-state index is -0.208. The molecule has 0 heterocycles. The van der Waals surface area contributed by atoms with Crippen molar-refractivity contribution in [1.29, 1.82) is 0 Å². The molecule has 68 valence electrons. The Kier molecular flexibility index (Phi) is 10.3. The summed E-state index contributed by atoms with van der Waals surface area (Å²) in [4.78, 5) is 0. The van der Waals surface area contributed by atoms with Gasteiger partial charge in [0.1, 0.15) is 0 Å². The first-order valence-corrected chi connectivity index (χ1v) is 6.15. The van der Waals surface area contributed by atoms with Gasteiger partial charge in [-0.3, -0.25) is 0 Å². The fraction of sp³-hybridized carbons (Fsp3) is 1.00. The maximum absolute atomic E-state index is 5.45. The van der Waals surface area contributed by atoms with Crippen molar-refractivity contribution in [1.82, 2.24) is 0 Å². The number of ether oxygens (including phenoxy) is 1. The Balaban J connectivity index is 2.69. The van der Waals surface area contributed by atoms with Gasteiger partial charge in [-0.15, -0.1) is 0 Å². The summed E-state index contributed by atoms with van der Waals surface area (Å²) in [5, 5.41) is 0. The molecule has 0 rings (SSSR count). The summed E-state index contributed by atoms with van der Waals surface area (Å²) in [5.41, 5.74) is 0. The van der Waals surface area contributed by atoms with Crippen LogP contribution in [0.25, 0.3) is 0 Å². The van der Waals surface area contributed by atoms with Gasteiger partial charge in [0.05, 0.1) is 13.2 Å². The molecule has 0 aliphatic heterocycles. The molecule has 0 saturated heterocycles. The van der Waals surface area contributed by atoms with Gasteiger partial charge in [0, 0.05) is 6.61 Å². The van der Waals surface area contributed by atoms with Crippen molar-refractivity contribution in [3.8, 4) is 0 Å². The van der Waals surface area contributed by atoms with Crippen LogP contribution < -0.4 is 0 Å². The zero-order valence-corrected chi connectivity index (χ0v) is 9.18. The van der Waals surface area contributed by atoms with Crippen LogP contribution >= 0.6 is 0 Å². The fourth-order valence-corrected chi connectivity index (χ4v) is 2.05. The number of hydrogen-bond acceptors (Lipinski definition) is 2. The average molecular weight is 176 g/mol. The van der Waals surface area contributed by atoms with Crippen LogP contribution in [0.3, 0.4) is 0 Å². The Hall–Kier alpha value is 0.137. The molecule has 0 atom stereocenters. The third-order valence-electron chi connectivity index (χ3n) is 1.47. The third kappa shape index (κ3) is 10.1. The first-order valence-electron chi connectivity index (χ1n) is 4.57. The lowest BCUT2D eigenvalue weighted by Crippen LogP contribution is -2.06. The summed E-state index contributed by atoms with van der Waals surface area (Å²) >= 11 is 0. The van der Waals surface area contributed by atoms with Crippen molar-refractivity contribution >= 4 is 9.76 Å². The molecule has 2 nitrogen and oxygen atoms in total. The van der Waals surface area contributed by atoms with E-state index in [1.54, 1.807) is 0 Å². The molecule has 0 unspecified atom stereocenters. The van der Waals surface area contributed by atoms with Gasteiger partial charge in [0.2, 0.25) is 0 Å². The van der Waals surface area contributed by atoms with Crippen molar-refractivity contribution in [2.24, 2.45) is 0 Å². The SMILES string of the molecule is CCCC[SiH2]OCCOCC. The van der Waals surface area contributed by atoms with Crippen molar-refractivity contribution in [2.45, 2.75) is 32.7 Å². The smallest absolute Gasteiger partial charge is 0.161 e. The molecule has 0 saturated carbocycles. The molecule has 0 radical (unpaired) electrons. The number of rotatable bonds is 8. The van der Waals surface area contributed by atoms with E-state index in [-0.39, 0.29) is 9.76 Å². The second-order valence-electron chi connectivity index (χ2n) is 2.52. The summed E-state index contributed by atoms with van der Waals surface area (Å²) in [6.07, 6.45) is 2.63. The lowest BCUT2D eigenvalue weighted by Gasteiger charge is -2.02. The maximum atomic E-state index is 5.45. The molecular formula is C8H20O2Si. The highest BCUT2D eigenvalue weighted by molar-refractivity contribution is 6.26. The van der Waals surface area contributed by atoms with Gasteiger partial charge in [-0.25, -0.2) is 0 Å². The van der Waals surface area contributed by atoms with Crippen molar-refractivity contribution in [3.63, 3.8) is 0 Å². The van der Waals surface area contributed by atoms with E-state index in [2.05, 4.69) is 6.92 Å². The molecule has 0 aliphatic carbocycles. The van der Waals surface area contributed by atoms with Crippen LogP contribution in [0.5, 0.6) is 0 Å². The van der Waals surface area contributed by atoms with Crippen LogP contribution in [0.1, 0.15) is 26.7 Å². The van der Waals surface area contributed by atoms with Crippen LogP contribution in [0, 0.1) is 0 Å². The Morgan fingerprint density at radius 2 is 2.00 bits per heavy atom. The molecule has 0 N–H and O–H groups in total. The molecule has 0 aromatic carbocycles. The first kappa shape index (κ1) is 11.1. The van der Waals surface area contributed by atoms with Crippen LogP contribution in [0.15, 0.2) is 0 Å². The van der Waals surface area contributed by atoms with E-state index in [1.165, 1.54) is 18.9 Å².